The standard InChI is InChI=1S/C21H26N2O4S/c1-3-21(24)23-13-11-17-15-19(9-10-20(17)23)28(25,26)22-12-5-7-16-6-4-8-18(14-16)27-2/h4,6,8-10,14-15,22H,3,5,7,11-13H2,1-2H3. The minimum Gasteiger partial charge on any atom is -0.497 e. The average Bonchev–Trinajstić information content (AvgIpc) is 3.14. The predicted molar refractivity (Wildman–Crippen MR) is 109 cm³/mol. The molecule has 1 aliphatic heterocycles. The van der Waals surface area contributed by atoms with Gasteiger partial charge in [-0.15, -0.1) is 0 Å². The summed E-state index contributed by atoms with van der Waals surface area (Å²) in [6, 6.07) is 12.8. The molecule has 2 aromatic rings. The van der Waals surface area contributed by atoms with Gasteiger partial charge in [0.05, 0.1) is 12.0 Å². The van der Waals surface area contributed by atoms with Crippen LogP contribution in [0.25, 0.3) is 0 Å². The van der Waals surface area contributed by atoms with Crippen LogP contribution in [-0.2, 0) is 27.7 Å². The number of anilines is 1. The molecule has 2 aromatic carbocycles. The summed E-state index contributed by atoms with van der Waals surface area (Å²) in [5.41, 5.74) is 2.83. The van der Waals surface area contributed by atoms with Crippen LogP contribution in [-0.4, -0.2) is 34.5 Å². The van der Waals surface area contributed by atoms with Crippen LogP contribution in [0.4, 0.5) is 5.69 Å². The Hall–Kier alpha value is -2.38. The van der Waals surface area contributed by atoms with Gasteiger partial charge in [0.25, 0.3) is 0 Å². The van der Waals surface area contributed by atoms with Gasteiger partial charge in [-0.3, -0.25) is 4.79 Å². The number of ether oxygens (including phenoxy) is 1. The molecule has 1 aliphatic rings. The van der Waals surface area contributed by atoms with Gasteiger partial charge < -0.3 is 9.64 Å². The first-order valence-electron chi connectivity index (χ1n) is 9.50. The molecular formula is C21H26N2O4S. The average molecular weight is 403 g/mol. The summed E-state index contributed by atoms with van der Waals surface area (Å²) in [6.07, 6.45) is 2.57. The van der Waals surface area contributed by atoms with E-state index in [1.807, 2.05) is 31.2 Å². The van der Waals surface area contributed by atoms with Crippen LogP contribution in [0.3, 0.4) is 0 Å². The summed E-state index contributed by atoms with van der Waals surface area (Å²) in [6.45, 7) is 2.80. The number of hydrogen-bond donors (Lipinski definition) is 1. The van der Waals surface area contributed by atoms with E-state index in [0.717, 1.165) is 29.0 Å². The molecule has 0 radical (unpaired) electrons. The predicted octanol–water partition coefficient (Wildman–Crippen LogP) is 2.91. The lowest BCUT2D eigenvalue weighted by atomic mass is 10.1. The van der Waals surface area contributed by atoms with Crippen LogP contribution >= 0.6 is 0 Å². The van der Waals surface area contributed by atoms with Gasteiger partial charge in [-0.1, -0.05) is 19.1 Å². The largest absolute Gasteiger partial charge is 0.497 e. The fraction of sp³-hybridized carbons (Fsp3) is 0.381. The number of carbonyl (C=O) groups is 1. The first kappa shape index (κ1) is 20.4. The van der Waals surface area contributed by atoms with Crippen molar-refractivity contribution < 1.29 is 17.9 Å². The molecule has 0 atom stereocenters. The fourth-order valence-electron chi connectivity index (χ4n) is 3.41. The van der Waals surface area contributed by atoms with Crippen LogP contribution < -0.4 is 14.4 Å². The molecule has 7 heteroatoms. The van der Waals surface area contributed by atoms with E-state index in [2.05, 4.69) is 4.72 Å². The van der Waals surface area contributed by atoms with Crippen molar-refractivity contribution in [1.29, 1.82) is 0 Å². The van der Waals surface area contributed by atoms with Gasteiger partial charge in [0.1, 0.15) is 5.75 Å². The molecule has 0 saturated carbocycles. The summed E-state index contributed by atoms with van der Waals surface area (Å²) in [4.78, 5) is 14.0. The SMILES string of the molecule is CCC(=O)N1CCc2cc(S(=O)(=O)NCCCc3cccc(OC)c3)ccc21. The van der Waals surface area contributed by atoms with Gasteiger partial charge in [0, 0.05) is 25.2 Å². The summed E-state index contributed by atoms with van der Waals surface area (Å²) in [5, 5.41) is 0. The third-order valence-electron chi connectivity index (χ3n) is 4.93. The van der Waals surface area contributed by atoms with Crippen molar-refractivity contribution in [3.63, 3.8) is 0 Å². The minimum atomic E-state index is -3.57. The first-order valence-corrected chi connectivity index (χ1v) is 11.0. The summed E-state index contributed by atoms with van der Waals surface area (Å²) in [7, 11) is -1.94. The highest BCUT2D eigenvalue weighted by Gasteiger charge is 2.25. The minimum absolute atomic E-state index is 0.0602. The van der Waals surface area contributed by atoms with Crippen molar-refractivity contribution in [3.8, 4) is 5.75 Å². The summed E-state index contributed by atoms with van der Waals surface area (Å²) in [5.74, 6) is 0.858. The van der Waals surface area contributed by atoms with Gasteiger partial charge >= 0.3 is 0 Å². The number of amides is 1. The molecule has 0 fully saturated rings. The zero-order chi connectivity index (χ0) is 20.1. The molecule has 28 heavy (non-hydrogen) atoms. The van der Waals surface area contributed by atoms with Gasteiger partial charge in [0.15, 0.2) is 0 Å². The normalized spacial score (nSPS) is 13.4. The van der Waals surface area contributed by atoms with Crippen molar-refractivity contribution in [2.45, 2.75) is 37.5 Å². The molecule has 150 valence electrons. The van der Waals surface area contributed by atoms with E-state index in [1.54, 1.807) is 30.2 Å². The van der Waals surface area contributed by atoms with Crippen LogP contribution in [0.2, 0.25) is 0 Å². The summed E-state index contributed by atoms with van der Waals surface area (Å²) < 4.78 is 33.1. The highest BCUT2D eigenvalue weighted by Crippen LogP contribution is 2.30. The molecule has 1 amide bonds. The second-order valence-corrected chi connectivity index (χ2v) is 8.56. The van der Waals surface area contributed by atoms with E-state index >= 15 is 0 Å². The quantitative estimate of drug-likeness (QED) is 0.689. The number of carbonyl (C=O) groups excluding carboxylic acids is 1. The molecule has 6 nitrogen and oxygen atoms in total. The second kappa shape index (κ2) is 8.75. The molecule has 0 aliphatic carbocycles. The Labute approximate surface area is 166 Å². The number of rotatable bonds is 8. The molecule has 0 aromatic heterocycles. The molecule has 1 N–H and O–H groups in total. The Morgan fingerprint density at radius 2 is 2.04 bits per heavy atom. The lowest BCUT2D eigenvalue weighted by molar-refractivity contribution is -0.118. The maximum atomic E-state index is 12.6. The molecular weight excluding hydrogens is 376 g/mol. The third kappa shape index (κ3) is 4.54. The number of fused-ring (bicyclic) bond motifs is 1. The number of sulfonamides is 1. The summed E-state index contributed by atoms with van der Waals surface area (Å²) >= 11 is 0. The Kier molecular flexibility index (Phi) is 6.36. The third-order valence-corrected chi connectivity index (χ3v) is 6.39. The molecule has 0 bridgehead atoms. The van der Waals surface area contributed by atoms with Gasteiger partial charge in [0.2, 0.25) is 15.9 Å². The lowest BCUT2D eigenvalue weighted by Crippen LogP contribution is -2.28. The van der Waals surface area contributed by atoms with Crippen molar-refractivity contribution in [2.75, 3.05) is 25.1 Å². The van der Waals surface area contributed by atoms with Crippen molar-refractivity contribution >= 4 is 21.6 Å². The Morgan fingerprint density at radius 1 is 1.21 bits per heavy atom. The van der Waals surface area contributed by atoms with E-state index in [9.17, 15) is 13.2 Å². The topological polar surface area (TPSA) is 75.7 Å². The van der Waals surface area contributed by atoms with Crippen LogP contribution in [0, 0.1) is 0 Å². The van der Waals surface area contributed by atoms with Crippen molar-refractivity contribution in [2.24, 2.45) is 0 Å². The number of aryl methyl sites for hydroxylation is 1. The van der Waals surface area contributed by atoms with Crippen LogP contribution in [0.15, 0.2) is 47.4 Å². The van der Waals surface area contributed by atoms with Crippen molar-refractivity contribution in [3.05, 3.63) is 53.6 Å². The molecule has 3 rings (SSSR count). The monoisotopic (exact) mass is 402 g/mol. The molecule has 0 unspecified atom stereocenters. The highest BCUT2D eigenvalue weighted by atomic mass is 32.2. The maximum Gasteiger partial charge on any atom is 0.240 e. The lowest BCUT2D eigenvalue weighted by Gasteiger charge is -2.16. The van der Waals surface area contributed by atoms with Gasteiger partial charge in [-0.2, -0.15) is 0 Å². The zero-order valence-corrected chi connectivity index (χ0v) is 17.1. The second-order valence-electron chi connectivity index (χ2n) is 6.79. The molecule has 1 heterocycles. The number of benzene rings is 2. The van der Waals surface area contributed by atoms with Crippen LogP contribution in [0.1, 0.15) is 30.9 Å². The van der Waals surface area contributed by atoms with Crippen LogP contribution in [0.5, 0.6) is 5.75 Å². The fourth-order valence-corrected chi connectivity index (χ4v) is 4.53. The van der Waals surface area contributed by atoms with E-state index in [4.69, 9.17) is 4.74 Å². The number of methoxy groups -OCH3 is 1. The van der Waals surface area contributed by atoms with Gasteiger partial charge in [-0.05, 0) is 60.7 Å². The smallest absolute Gasteiger partial charge is 0.240 e. The van der Waals surface area contributed by atoms with E-state index < -0.39 is 10.0 Å². The Bertz CT molecular complexity index is 957. The van der Waals surface area contributed by atoms with Crippen molar-refractivity contribution in [1.82, 2.24) is 4.72 Å². The molecule has 0 spiro atoms. The Balaban J connectivity index is 1.60. The van der Waals surface area contributed by atoms with Gasteiger partial charge in [-0.25, -0.2) is 13.1 Å². The number of nitrogens with zero attached hydrogens (tertiary/aromatic N) is 1. The first-order chi connectivity index (χ1) is 13.4. The Morgan fingerprint density at radius 3 is 2.79 bits per heavy atom. The van der Waals surface area contributed by atoms with E-state index in [-0.39, 0.29) is 10.8 Å². The number of nitrogens with one attached hydrogen (secondary N) is 1. The molecule has 0 saturated heterocycles. The van der Waals surface area contributed by atoms with E-state index in [0.29, 0.717) is 32.4 Å². The zero-order valence-electron chi connectivity index (χ0n) is 16.3. The van der Waals surface area contributed by atoms with E-state index in [1.165, 1.54) is 0 Å². The highest BCUT2D eigenvalue weighted by molar-refractivity contribution is 7.89. The maximum absolute atomic E-state index is 12.6. The number of hydrogen-bond acceptors (Lipinski definition) is 4.